The summed E-state index contributed by atoms with van der Waals surface area (Å²) in [7, 11) is 1.50. The largest absolute Gasteiger partial charge is 0.481 e. The smallest absolute Gasteiger partial charge is 0.274 e. The van der Waals surface area contributed by atoms with Gasteiger partial charge in [0, 0.05) is 95.5 Å². The monoisotopic (exact) mass is 1220 g/mol. The average molecular weight is 1220 g/mol. The molecule has 8 aromatic heterocycles. The van der Waals surface area contributed by atoms with Gasteiger partial charge in [-0.05, 0) is 153 Å². The third-order valence-electron chi connectivity index (χ3n) is 12.2. The second kappa shape index (κ2) is 33.2. The van der Waals surface area contributed by atoms with Gasteiger partial charge in [-0.2, -0.15) is 0 Å². The minimum atomic E-state index is -0.326. The van der Waals surface area contributed by atoms with Gasteiger partial charge in [0.15, 0.2) is 0 Å². The number of pyridine rings is 8. The van der Waals surface area contributed by atoms with E-state index in [1.807, 2.05) is 74.5 Å². The highest BCUT2D eigenvalue weighted by molar-refractivity contribution is 6.05. The Labute approximate surface area is 529 Å². The number of hydrogen-bond acceptors (Lipinski definition) is 17. The standard InChI is InChI=1S/C18H15N3O3.2C18H15N3O2.C17H13N3O2/c1-23-17-9-3-8-16(21-17)18(22)20-13-5-2-6-14(11-13)24-15-7-4-10-19-12-15;2*1-13-5-2-9-17(20-13)18(22)21-14-6-3-7-15(11-14)23-16-8-4-10-19-12-16;21-17(16-8-1-2-10-19-16)20-13-5-3-6-14(11-13)22-15-7-4-9-18-12-15/h2-12H,1H3,(H,20,22);2*2-12H,1H3,(H,21,22);1-12H,(H,20,21). The van der Waals surface area contributed by atoms with Crippen LogP contribution in [0.5, 0.6) is 51.9 Å². The van der Waals surface area contributed by atoms with Gasteiger partial charge in [0.1, 0.15) is 68.8 Å². The molecule has 0 aliphatic carbocycles. The number of rotatable bonds is 17. The summed E-state index contributed by atoms with van der Waals surface area (Å²) in [5.41, 5.74) is 5.50. The molecule has 0 aliphatic heterocycles. The number of hydrogen-bond donors (Lipinski definition) is 4. The zero-order valence-corrected chi connectivity index (χ0v) is 49.7. The molecule has 12 aromatic rings. The zero-order valence-electron chi connectivity index (χ0n) is 49.7. The van der Waals surface area contributed by atoms with Crippen molar-refractivity contribution in [1.82, 2.24) is 39.9 Å². The highest BCUT2D eigenvalue weighted by Crippen LogP contribution is 2.28. The third kappa shape index (κ3) is 20.6. The first-order valence-electron chi connectivity index (χ1n) is 28.2. The number of amides is 4. The average Bonchev–Trinajstić information content (AvgIpc) is 1.67. The highest BCUT2D eigenvalue weighted by atomic mass is 16.5. The van der Waals surface area contributed by atoms with Gasteiger partial charge < -0.3 is 45.0 Å². The lowest BCUT2D eigenvalue weighted by Crippen LogP contribution is -2.13. The van der Waals surface area contributed by atoms with Crippen LogP contribution < -0.4 is 45.0 Å². The van der Waals surface area contributed by atoms with Crippen molar-refractivity contribution in [1.29, 1.82) is 0 Å². The van der Waals surface area contributed by atoms with Crippen molar-refractivity contribution >= 4 is 46.4 Å². The molecule has 0 saturated carbocycles. The molecule has 12 rings (SSSR count). The second-order valence-corrected chi connectivity index (χ2v) is 19.2. The van der Waals surface area contributed by atoms with E-state index in [4.69, 9.17) is 23.7 Å². The van der Waals surface area contributed by atoms with Crippen LogP contribution in [0.15, 0.2) is 274 Å². The summed E-state index contributed by atoms with van der Waals surface area (Å²) < 4.78 is 27.8. The van der Waals surface area contributed by atoms with Crippen molar-refractivity contribution < 1.29 is 42.9 Å². The molecule has 0 fully saturated rings. The van der Waals surface area contributed by atoms with Crippen LogP contribution in [0, 0.1) is 13.8 Å². The SMILES string of the molecule is COc1cccc(C(=O)Nc2cccc(Oc3cccnc3)c2)n1.Cc1cccc(C(=O)Nc2cccc(Oc3cccnc3)c2)n1.Cc1cccc(C(=O)Nc2cccc(Oc3cccnc3)c2)n1.O=C(Nc1cccc(Oc2cccnc2)c1)c1ccccn1. The number of methoxy groups -OCH3 is 1. The molecule has 0 unspecified atom stereocenters. The van der Waals surface area contributed by atoms with Crippen LogP contribution in [0.25, 0.3) is 0 Å². The predicted octanol–water partition coefficient (Wildman–Crippen LogP) is 14.7. The summed E-state index contributed by atoms with van der Waals surface area (Å²) >= 11 is 0. The molecule has 21 nitrogen and oxygen atoms in total. The first-order chi connectivity index (χ1) is 45.0. The number of anilines is 4. The van der Waals surface area contributed by atoms with Crippen LogP contribution in [-0.2, 0) is 0 Å². The Hall–Kier alpha value is -13.0. The van der Waals surface area contributed by atoms with Gasteiger partial charge in [0.2, 0.25) is 5.88 Å². The van der Waals surface area contributed by atoms with E-state index in [0.717, 1.165) is 11.4 Å². The Morgan fingerprint density at radius 1 is 0.304 bits per heavy atom. The summed E-state index contributed by atoms with van der Waals surface area (Å²) in [6, 6.07) is 63.9. The molecule has 4 N–H and O–H groups in total. The lowest BCUT2D eigenvalue weighted by Gasteiger charge is -2.09. The van der Waals surface area contributed by atoms with Crippen molar-refractivity contribution in [2.45, 2.75) is 13.8 Å². The number of carbonyl (C=O) groups excluding carboxylic acids is 4. The summed E-state index contributed by atoms with van der Waals surface area (Å²) in [5.74, 6) is 4.26. The van der Waals surface area contributed by atoms with E-state index >= 15 is 0 Å². The van der Waals surface area contributed by atoms with E-state index in [-0.39, 0.29) is 29.3 Å². The topological polar surface area (TPSA) is 266 Å². The Morgan fingerprint density at radius 3 is 0.913 bits per heavy atom. The fraction of sp³-hybridized carbons (Fsp3) is 0.0423. The highest BCUT2D eigenvalue weighted by Gasteiger charge is 2.13. The Balaban J connectivity index is 0.000000145. The molecular formula is C71H58N12O9. The molecule has 0 spiro atoms. The molecule has 4 aromatic carbocycles. The molecule has 21 heteroatoms. The second-order valence-electron chi connectivity index (χ2n) is 19.2. The normalized spacial score (nSPS) is 10.1. The van der Waals surface area contributed by atoms with Crippen LogP contribution in [0.3, 0.4) is 0 Å². The lowest BCUT2D eigenvalue weighted by atomic mass is 10.2. The molecule has 8 heterocycles. The predicted molar refractivity (Wildman–Crippen MR) is 348 cm³/mol. The van der Waals surface area contributed by atoms with E-state index < -0.39 is 0 Å². The molecule has 4 amide bonds. The summed E-state index contributed by atoms with van der Waals surface area (Å²) in [6.07, 6.45) is 14.8. The van der Waals surface area contributed by atoms with Crippen molar-refractivity contribution in [3.8, 4) is 51.9 Å². The summed E-state index contributed by atoms with van der Waals surface area (Å²) in [4.78, 5) is 81.3. The van der Waals surface area contributed by atoms with Gasteiger partial charge in [-0.1, -0.05) is 48.5 Å². The fourth-order valence-corrected chi connectivity index (χ4v) is 8.00. The van der Waals surface area contributed by atoms with E-state index in [1.54, 1.807) is 213 Å². The molecule has 0 saturated heterocycles. The van der Waals surface area contributed by atoms with Crippen molar-refractivity contribution in [2.75, 3.05) is 28.4 Å². The van der Waals surface area contributed by atoms with E-state index in [1.165, 1.54) is 7.11 Å². The molecule has 92 heavy (non-hydrogen) atoms. The molecule has 0 atom stereocenters. The number of nitrogens with one attached hydrogen (secondary N) is 4. The molecule has 456 valence electrons. The van der Waals surface area contributed by atoms with Crippen LogP contribution in [0.4, 0.5) is 22.7 Å². The molecular weight excluding hydrogens is 1160 g/mol. The number of ether oxygens (including phenoxy) is 5. The fourth-order valence-electron chi connectivity index (χ4n) is 8.00. The van der Waals surface area contributed by atoms with E-state index in [0.29, 0.717) is 91.7 Å². The van der Waals surface area contributed by atoms with E-state index in [9.17, 15) is 19.2 Å². The van der Waals surface area contributed by atoms with Crippen molar-refractivity contribution in [3.05, 3.63) is 308 Å². The summed E-state index contributed by atoms with van der Waals surface area (Å²) in [6.45, 7) is 3.69. The van der Waals surface area contributed by atoms with E-state index in [2.05, 4.69) is 61.1 Å². The maximum Gasteiger partial charge on any atom is 0.274 e. The summed E-state index contributed by atoms with van der Waals surface area (Å²) in [5, 5.41) is 11.2. The van der Waals surface area contributed by atoms with Crippen LogP contribution in [0.2, 0.25) is 0 Å². The van der Waals surface area contributed by atoms with Crippen LogP contribution >= 0.6 is 0 Å². The van der Waals surface area contributed by atoms with Crippen LogP contribution in [-0.4, -0.2) is 70.6 Å². The van der Waals surface area contributed by atoms with Gasteiger partial charge in [-0.15, -0.1) is 0 Å². The number of nitrogens with zero attached hydrogens (tertiary/aromatic N) is 8. The quantitative estimate of drug-likeness (QED) is 0.0660. The minimum absolute atomic E-state index is 0.257. The number of carbonyl (C=O) groups is 4. The minimum Gasteiger partial charge on any atom is -0.481 e. The van der Waals surface area contributed by atoms with Crippen LogP contribution in [0.1, 0.15) is 53.3 Å². The Bertz CT molecular complexity index is 4210. The van der Waals surface area contributed by atoms with Crippen molar-refractivity contribution in [2.24, 2.45) is 0 Å². The number of aromatic nitrogens is 8. The van der Waals surface area contributed by atoms with Gasteiger partial charge in [0.05, 0.1) is 31.9 Å². The van der Waals surface area contributed by atoms with Gasteiger partial charge in [0.25, 0.3) is 23.6 Å². The maximum atomic E-state index is 12.3. The first kappa shape index (κ1) is 63.5. The molecule has 0 radical (unpaired) electrons. The molecule has 0 aliphatic rings. The van der Waals surface area contributed by atoms with Gasteiger partial charge in [-0.25, -0.2) is 15.0 Å². The Morgan fingerprint density at radius 2 is 0.609 bits per heavy atom. The van der Waals surface area contributed by atoms with Gasteiger partial charge in [-0.3, -0.25) is 44.1 Å². The van der Waals surface area contributed by atoms with Crippen molar-refractivity contribution in [3.63, 3.8) is 0 Å². The Kier molecular flexibility index (Phi) is 22.9. The number of aryl methyl sites for hydroxylation is 2. The first-order valence-corrected chi connectivity index (χ1v) is 28.2. The molecule has 0 bridgehead atoms. The lowest BCUT2D eigenvalue weighted by molar-refractivity contribution is 0.101. The third-order valence-corrected chi connectivity index (χ3v) is 12.2. The number of benzene rings is 4. The maximum absolute atomic E-state index is 12.3. The zero-order chi connectivity index (χ0) is 64.1. The van der Waals surface area contributed by atoms with Gasteiger partial charge >= 0.3 is 0 Å².